The van der Waals surface area contributed by atoms with Gasteiger partial charge in [0, 0.05) is 17.8 Å². The first-order valence-corrected chi connectivity index (χ1v) is 11.5. The maximum Gasteiger partial charge on any atom is 0.333 e. The smallest absolute Gasteiger partial charge is 0.333 e. The predicted molar refractivity (Wildman–Crippen MR) is 115 cm³/mol. The molecule has 3 heterocycles. The van der Waals surface area contributed by atoms with Crippen molar-refractivity contribution in [1.82, 2.24) is 9.80 Å². The molecular weight excluding hydrogens is 406 g/mol. The fourth-order valence-electron chi connectivity index (χ4n) is 3.92. The summed E-state index contributed by atoms with van der Waals surface area (Å²) in [5.41, 5.74) is -0.675. The number of aliphatic imine (C=N–C) groups is 1. The lowest BCUT2D eigenvalue weighted by Gasteiger charge is -2.41. The fraction of sp³-hybridized carbons (Fsp3) is 0.810. The Bertz CT molecular complexity index is 710. The highest BCUT2D eigenvalue weighted by Gasteiger charge is 2.64. The number of likely N-dealkylation sites (tertiary alicyclic amines) is 1. The van der Waals surface area contributed by atoms with Crippen molar-refractivity contribution in [1.29, 1.82) is 0 Å². The van der Waals surface area contributed by atoms with E-state index in [2.05, 4.69) is 9.89 Å². The molecule has 1 amide bonds. The lowest BCUT2D eigenvalue weighted by Crippen LogP contribution is -2.65. The Hall–Kier alpha value is -1.77. The molecule has 3 aliphatic rings. The van der Waals surface area contributed by atoms with E-state index in [0.29, 0.717) is 0 Å². The predicted octanol–water partition coefficient (Wildman–Crippen LogP) is 2.41. The van der Waals surface area contributed by atoms with Crippen LogP contribution >= 0.6 is 11.8 Å². The van der Waals surface area contributed by atoms with Crippen molar-refractivity contribution in [2.24, 2.45) is 10.4 Å². The number of hydrogen-bond acceptors (Lipinski definition) is 7. The van der Waals surface area contributed by atoms with E-state index in [9.17, 15) is 14.4 Å². The minimum Gasteiger partial charge on any atom is -0.427 e. The first kappa shape index (κ1) is 22.9. The van der Waals surface area contributed by atoms with Gasteiger partial charge in [-0.3, -0.25) is 14.6 Å². The highest BCUT2D eigenvalue weighted by molar-refractivity contribution is 8.01. The minimum absolute atomic E-state index is 0.155. The van der Waals surface area contributed by atoms with Gasteiger partial charge in [-0.25, -0.2) is 4.79 Å². The zero-order valence-corrected chi connectivity index (χ0v) is 19.4. The molecule has 0 aliphatic carbocycles. The second kappa shape index (κ2) is 8.77. The number of ether oxygens (including phenoxy) is 2. The van der Waals surface area contributed by atoms with E-state index in [1.165, 1.54) is 12.8 Å². The Morgan fingerprint density at radius 2 is 1.80 bits per heavy atom. The molecule has 1 unspecified atom stereocenters. The summed E-state index contributed by atoms with van der Waals surface area (Å²) in [4.78, 5) is 45.7. The first-order valence-electron chi connectivity index (χ1n) is 10.6. The Kier molecular flexibility index (Phi) is 6.69. The normalized spacial score (nSPS) is 28.7. The largest absolute Gasteiger partial charge is 0.427 e. The number of fused-ring (bicyclic) bond motifs is 1. The molecule has 8 nitrogen and oxygen atoms in total. The number of carbonyl (C=O) groups is 3. The average Bonchev–Trinajstić information content (AvgIpc) is 2.80. The van der Waals surface area contributed by atoms with Crippen LogP contribution in [0.5, 0.6) is 0 Å². The molecule has 0 aromatic heterocycles. The molecule has 3 aliphatic heterocycles. The van der Waals surface area contributed by atoms with E-state index < -0.39 is 41.0 Å². The minimum atomic E-state index is -0.724. The third-order valence-electron chi connectivity index (χ3n) is 5.67. The summed E-state index contributed by atoms with van der Waals surface area (Å²) < 4.78 is 9.71. The van der Waals surface area contributed by atoms with Crippen molar-refractivity contribution in [2.45, 2.75) is 82.5 Å². The van der Waals surface area contributed by atoms with Crippen LogP contribution in [0.4, 0.5) is 0 Å². The fourth-order valence-corrected chi connectivity index (χ4v) is 5.54. The lowest BCUT2D eigenvalue weighted by molar-refractivity contribution is -0.179. The number of carbonyl (C=O) groups excluding carboxylic acids is 3. The molecule has 0 bridgehead atoms. The van der Waals surface area contributed by atoms with E-state index >= 15 is 0 Å². The molecule has 168 valence electrons. The average molecular weight is 440 g/mol. The molecule has 3 rings (SSSR count). The molecule has 3 atom stereocenters. The number of nitrogens with zero attached hydrogens (tertiary/aromatic N) is 3. The van der Waals surface area contributed by atoms with Crippen molar-refractivity contribution in [3.05, 3.63) is 0 Å². The van der Waals surface area contributed by atoms with Crippen LogP contribution in [0.2, 0.25) is 0 Å². The maximum atomic E-state index is 12.8. The summed E-state index contributed by atoms with van der Waals surface area (Å²) in [6, 6.07) is -1.19. The van der Waals surface area contributed by atoms with Gasteiger partial charge in [-0.2, -0.15) is 0 Å². The molecule has 0 N–H and O–H groups in total. The van der Waals surface area contributed by atoms with Crippen LogP contribution in [0.3, 0.4) is 0 Å². The highest BCUT2D eigenvalue weighted by atomic mass is 32.2. The number of hydrogen-bond donors (Lipinski definition) is 0. The van der Waals surface area contributed by atoms with Crippen LogP contribution in [-0.4, -0.2) is 76.1 Å². The Morgan fingerprint density at radius 1 is 1.17 bits per heavy atom. The molecule has 9 heteroatoms. The first-order chi connectivity index (χ1) is 14.0. The van der Waals surface area contributed by atoms with Crippen molar-refractivity contribution in [3.8, 4) is 0 Å². The topological polar surface area (TPSA) is 88.5 Å². The Labute approximate surface area is 182 Å². The molecule has 0 aromatic carbocycles. The zero-order valence-electron chi connectivity index (χ0n) is 18.6. The maximum absolute atomic E-state index is 12.8. The van der Waals surface area contributed by atoms with Gasteiger partial charge in [0.1, 0.15) is 11.4 Å². The van der Waals surface area contributed by atoms with Gasteiger partial charge >= 0.3 is 11.9 Å². The summed E-state index contributed by atoms with van der Waals surface area (Å²) in [5, 5.41) is -0.176. The molecule has 0 aromatic rings. The van der Waals surface area contributed by atoms with E-state index in [1.807, 2.05) is 20.2 Å². The van der Waals surface area contributed by atoms with Gasteiger partial charge in [0.15, 0.2) is 6.04 Å². The molecule has 0 spiro atoms. The van der Waals surface area contributed by atoms with Gasteiger partial charge < -0.3 is 19.3 Å². The van der Waals surface area contributed by atoms with Crippen molar-refractivity contribution < 1.29 is 23.9 Å². The van der Waals surface area contributed by atoms with Crippen molar-refractivity contribution >= 4 is 35.9 Å². The standard InChI is InChI=1S/C21H33N3O5S/c1-20(2,3)19(27)29-13-28-18(26)15-21(4,5)30-17-14(16(25)24(15)17)22-12-23-10-8-6-7-9-11-23/h12,14-15,17H,6-11,13H2,1-5H3/t14?,15-,17+/m0/s1. The van der Waals surface area contributed by atoms with Crippen LogP contribution in [0, 0.1) is 5.41 Å². The van der Waals surface area contributed by atoms with Crippen molar-refractivity contribution in [2.75, 3.05) is 19.9 Å². The van der Waals surface area contributed by atoms with E-state index in [1.54, 1.807) is 37.4 Å². The highest BCUT2D eigenvalue weighted by Crippen LogP contribution is 2.51. The molecule has 0 saturated carbocycles. The summed E-state index contributed by atoms with van der Waals surface area (Å²) in [6.07, 6.45) is 6.59. The summed E-state index contributed by atoms with van der Waals surface area (Å²) in [5.74, 6) is -1.16. The lowest BCUT2D eigenvalue weighted by atomic mass is 9.96. The van der Waals surface area contributed by atoms with Gasteiger partial charge in [0.25, 0.3) is 5.91 Å². The van der Waals surface area contributed by atoms with E-state index in [-0.39, 0.29) is 11.3 Å². The quantitative estimate of drug-likeness (QED) is 0.214. The molecular formula is C21H33N3O5S. The van der Waals surface area contributed by atoms with Gasteiger partial charge in [-0.15, -0.1) is 11.8 Å². The van der Waals surface area contributed by atoms with Crippen LogP contribution in [0.25, 0.3) is 0 Å². The van der Waals surface area contributed by atoms with E-state index in [4.69, 9.17) is 9.47 Å². The van der Waals surface area contributed by atoms with Crippen LogP contribution < -0.4 is 0 Å². The summed E-state index contributed by atoms with van der Waals surface area (Å²) in [7, 11) is 0. The van der Waals surface area contributed by atoms with Crippen molar-refractivity contribution in [3.63, 3.8) is 0 Å². The number of amides is 1. The number of esters is 2. The third kappa shape index (κ3) is 4.76. The summed E-state index contributed by atoms with van der Waals surface area (Å²) >= 11 is 1.56. The number of rotatable bonds is 5. The number of β-lactam (4-membered cyclic amide) rings is 1. The molecule has 3 saturated heterocycles. The monoisotopic (exact) mass is 439 g/mol. The third-order valence-corrected chi connectivity index (χ3v) is 7.23. The molecule has 30 heavy (non-hydrogen) atoms. The summed E-state index contributed by atoms with van der Waals surface area (Å²) in [6.45, 7) is 10.5. The Morgan fingerprint density at radius 3 is 2.40 bits per heavy atom. The van der Waals surface area contributed by atoms with Crippen LogP contribution in [-0.2, 0) is 23.9 Å². The van der Waals surface area contributed by atoms with Gasteiger partial charge in [0.2, 0.25) is 6.79 Å². The van der Waals surface area contributed by atoms with Crippen LogP contribution in [0.1, 0.15) is 60.3 Å². The van der Waals surface area contributed by atoms with E-state index in [0.717, 1.165) is 25.9 Å². The van der Waals surface area contributed by atoms with Gasteiger partial charge in [0.05, 0.1) is 11.8 Å². The number of thioether (sulfide) groups is 1. The Balaban J connectivity index is 1.58. The molecule has 3 fully saturated rings. The van der Waals surface area contributed by atoms with Gasteiger partial charge in [-0.05, 0) is 47.5 Å². The second-order valence-electron chi connectivity index (χ2n) is 9.68. The van der Waals surface area contributed by atoms with Crippen LogP contribution in [0.15, 0.2) is 4.99 Å². The zero-order chi connectivity index (χ0) is 22.1. The van der Waals surface area contributed by atoms with Gasteiger partial charge in [-0.1, -0.05) is 12.8 Å². The molecule has 0 radical (unpaired) electrons. The SMILES string of the molecule is CC(C)(C)C(=O)OCOC(=O)[C@@H]1N2C(=O)C(N=CN3CCCCCC3)[C@H]2SC1(C)C. The second-order valence-corrected chi connectivity index (χ2v) is 11.5.